The maximum atomic E-state index is 13.6. The van der Waals surface area contributed by atoms with E-state index < -0.39 is 10.0 Å². The lowest BCUT2D eigenvalue weighted by molar-refractivity contribution is 0.245. The molecule has 0 unspecified atom stereocenters. The van der Waals surface area contributed by atoms with Crippen molar-refractivity contribution in [3.63, 3.8) is 0 Å². The van der Waals surface area contributed by atoms with E-state index in [2.05, 4.69) is 10.1 Å². The van der Waals surface area contributed by atoms with Crippen molar-refractivity contribution in [1.82, 2.24) is 19.4 Å². The molecule has 0 aromatic carbocycles. The Morgan fingerprint density at radius 2 is 1.81 bits per heavy atom. The Morgan fingerprint density at radius 1 is 1.00 bits per heavy atom. The van der Waals surface area contributed by atoms with Crippen LogP contribution in [-0.4, -0.2) is 47.5 Å². The predicted octanol–water partition coefficient (Wildman–Crippen LogP) is 3.47. The molecule has 2 fully saturated rings. The molecule has 2 aliphatic heterocycles. The molecule has 0 radical (unpaired) electrons. The molecule has 2 aromatic rings. The number of aryl methyl sites for hydroxylation is 3. The van der Waals surface area contributed by atoms with Crippen LogP contribution in [0.2, 0.25) is 0 Å². The van der Waals surface area contributed by atoms with E-state index in [1.165, 1.54) is 18.4 Å². The van der Waals surface area contributed by atoms with Crippen LogP contribution < -0.4 is 4.90 Å². The number of sulfonamides is 1. The fraction of sp³-hybridized carbons (Fsp3) is 0.682. The highest BCUT2D eigenvalue weighted by Gasteiger charge is 2.40. The summed E-state index contributed by atoms with van der Waals surface area (Å²) in [7, 11) is -3.75. The van der Waals surface area contributed by atoms with Crippen LogP contribution in [-0.2, 0) is 16.4 Å². The van der Waals surface area contributed by atoms with Crippen LogP contribution in [0.5, 0.6) is 0 Å². The Kier molecular flexibility index (Phi) is 5.29. The van der Waals surface area contributed by atoms with Gasteiger partial charge < -0.3 is 9.42 Å². The zero-order valence-electron chi connectivity index (χ0n) is 18.6. The summed E-state index contributed by atoms with van der Waals surface area (Å²) in [6.07, 6.45) is 7.24. The maximum absolute atomic E-state index is 13.6. The second-order valence-electron chi connectivity index (χ2n) is 9.24. The minimum Gasteiger partial charge on any atom is -0.360 e. The molecule has 1 aliphatic carbocycles. The molecule has 2 aromatic heterocycles. The Balaban J connectivity index is 1.54. The Labute approximate surface area is 184 Å². The smallest absolute Gasteiger partial charge is 0.249 e. The summed E-state index contributed by atoms with van der Waals surface area (Å²) >= 11 is 0. The Hall–Kier alpha value is -2.00. The highest BCUT2D eigenvalue weighted by molar-refractivity contribution is 7.89. The average molecular weight is 446 g/mol. The number of fused-ring (bicyclic) bond motifs is 1. The van der Waals surface area contributed by atoms with Gasteiger partial charge in [-0.05, 0) is 65.2 Å². The van der Waals surface area contributed by atoms with Crippen LogP contribution in [0.15, 0.2) is 9.42 Å². The lowest BCUT2D eigenvalue weighted by Crippen LogP contribution is -2.40. The van der Waals surface area contributed by atoms with E-state index in [0.717, 1.165) is 62.6 Å². The minimum absolute atomic E-state index is 0.185. The van der Waals surface area contributed by atoms with Crippen LogP contribution >= 0.6 is 0 Å². The minimum atomic E-state index is -3.75. The monoisotopic (exact) mass is 445 g/mol. The van der Waals surface area contributed by atoms with Gasteiger partial charge >= 0.3 is 0 Å². The van der Waals surface area contributed by atoms with Gasteiger partial charge in [-0.1, -0.05) is 11.6 Å². The molecule has 0 bridgehead atoms. The number of rotatable bonds is 5. The first-order valence-corrected chi connectivity index (χ1v) is 12.9. The molecule has 0 N–H and O–H groups in total. The standard InChI is InChI=1S/C22H31N5O3S/c1-14-18-7-6-11-26(13-17-9-10-17)22(18)24-21(23-14)19-8-4-5-12-27(19)31(28,29)20-15(2)25-30-16(20)3/h17,19H,4-13H2,1-3H3/t19-/m1/s1. The number of hydrogen-bond acceptors (Lipinski definition) is 7. The van der Waals surface area contributed by atoms with Gasteiger partial charge in [0.05, 0.1) is 6.04 Å². The molecule has 168 valence electrons. The first kappa shape index (κ1) is 20.9. The van der Waals surface area contributed by atoms with E-state index in [1.807, 2.05) is 6.92 Å². The molecule has 5 rings (SSSR count). The average Bonchev–Trinajstić information content (AvgIpc) is 3.50. The fourth-order valence-corrected chi connectivity index (χ4v) is 7.01. The van der Waals surface area contributed by atoms with Crippen LogP contribution in [0.1, 0.15) is 73.1 Å². The van der Waals surface area contributed by atoms with Crippen molar-refractivity contribution >= 4 is 15.8 Å². The van der Waals surface area contributed by atoms with E-state index in [1.54, 1.807) is 18.2 Å². The van der Waals surface area contributed by atoms with Crippen LogP contribution in [0.4, 0.5) is 5.82 Å². The third-order valence-electron chi connectivity index (χ3n) is 6.83. The van der Waals surface area contributed by atoms with E-state index in [9.17, 15) is 8.42 Å². The van der Waals surface area contributed by atoms with Crippen LogP contribution in [0.25, 0.3) is 0 Å². The highest BCUT2D eigenvalue weighted by Crippen LogP contribution is 2.39. The van der Waals surface area contributed by atoms with Crippen molar-refractivity contribution in [3.8, 4) is 0 Å². The molecule has 4 heterocycles. The number of nitrogens with zero attached hydrogens (tertiary/aromatic N) is 5. The first-order valence-electron chi connectivity index (χ1n) is 11.4. The van der Waals surface area contributed by atoms with Crippen LogP contribution in [0.3, 0.4) is 0 Å². The highest BCUT2D eigenvalue weighted by atomic mass is 32.2. The maximum Gasteiger partial charge on any atom is 0.249 e. The van der Waals surface area contributed by atoms with E-state index >= 15 is 0 Å². The number of aromatic nitrogens is 3. The van der Waals surface area contributed by atoms with Crippen LogP contribution in [0, 0.1) is 26.7 Å². The molecule has 3 aliphatic rings. The van der Waals surface area contributed by atoms with Crippen molar-refractivity contribution in [3.05, 3.63) is 28.5 Å². The van der Waals surface area contributed by atoms with E-state index in [0.29, 0.717) is 23.8 Å². The van der Waals surface area contributed by atoms with Crippen molar-refractivity contribution in [2.45, 2.75) is 76.7 Å². The van der Waals surface area contributed by atoms with Gasteiger partial charge in [-0.15, -0.1) is 0 Å². The summed E-state index contributed by atoms with van der Waals surface area (Å²) in [5.74, 6) is 2.77. The van der Waals surface area contributed by atoms with Gasteiger partial charge in [0.15, 0.2) is 5.76 Å². The molecule has 0 amide bonds. The normalized spacial score (nSPS) is 22.5. The van der Waals surface area contributed by atoms with Gasteiger partial charge in [-0.3, -0.25) is 0 Å². The van der Waals surface area contributed by atoms with Gasteiger partial charge in [-0.2, -0.15) is 4.31 Å². The largest absolute Gasteiger partial charge is 0.360 e. The molecule has 1 saturated heterocycles. The number of piperidine rings is 1. The lowest BCUT2D eigenvalue weighted by atomic mass is 10.0. The van der Waals surface area contributed by atoms with Crippen molar-refractivity contribution in [2.75, 3.05) is 24.5 Å². The summed E-state index contributed by atoms with van der Waals surface area (Å²) in [4.78, 5) is 12.5. The molecule has 9 heteroatoms. The third-order valence-corrected chi connectivity index (χ3v) is 8.98. The van der Waals surface area contributed by atoms with Crippen molar-refractivity contribution < 1.29 is 12.9 Å². The van der Waals surface area contributed by atoms with Gasteiger partial charge in [0.25, 0.3) is 0 Å². The Bertz CT molecular complexity index is 1070. The molecular formula is C22H31N5O3S. The van der Waals surface area contributed by atoms with Gasteiger partial charge in [0.1, 0.15) is 22.2 Å². The summed E-state index contributed by atoms with van der Waals surface area (Å²) in [6.45, 7) is 7.90. The second-order valence-corrected chi connectivity index (χ2v) is 11.1. The molecular weight excluding hydrogens is 414 g/mol. The fourth-order valence-electron chi connectivity index (χ4n) is 5.06. The molecule has 1 saturated carbocycles. The summed E-state index contributed by atoms with van der Waals surface area (Å²) < 4.78 is 34.0. The molecule has 0 spiro atoms. The first-order chi connectivity index (χ1) is 14.9. The van der Waals surface area contributed by atoms with Crippen molar-refractivity contribution in [1.29, 1.82) is 0 Å². The zero-order chi connectivity index (χ0) is 21.8. The lowest BCUT2D eigenvalue weighted by Gasteiger charge is -2.36. The van der Waals surface area contributed by atoms with Crippen molar-refractivity contribution in [2.24, 2.45) is 5.92 Å². The van der Waals surface area contributed by atoms with E-state index in [4.69, 9.17) is 14.5 Å². The predicted molar refractivity (Wildman–Crippen MR) is 116 cm³/mol. The van der Waals surface area contributed by atoms with Gasteiger partial charge in [0, 0.05) is 30.9 Å². The van der Waals surface area contributed by atoms with Gasteiger partial charge in [-0.25, -0.2) is 18.4 Å². The SMILES string of the molecule is Cc1nc([C@H]2CCCCN2S(=O)(=O)c2c(C)noc2C)nc2c1CCCN2CC1CC1. The Morgan fingerprint density at radius 3 is 2.52 bits per heavy atom. The topological polar surface area (TPSA) is 92.4 Å². The second kappa shape index (κ2) is 7.85. The number of anilines is 1. The summed E-state index contributed by atoms with van der Waals surface area (Å²) in [5.41, 5.74) is 2.62. The molecule has 1 atom stereocenters. The third kappa shape index (κ3) is 3.75. The quantitative estimate of drug-likeness (QED) is 0.696. The summed E-state index contributed by atoms with van der Waals surface area (Å²) in [5, 5.41) is 3.87. The molecule has 8 nitrogen and oxygen atoms in total. The van der Waals surface area contributed by atoms with E-state index in [-0.39, 0.29) is 10.9 Å². The molecule has 31 heavy (non-hydrogen) atoms. The zero-order valence-corrected chi connectivity index (χ0v) is 19.4. The summed E-state index contributed by atoms with van der Waals surface area (Å²) in [6, 6.07) is -0.360. The van der Waals surface area contributed by atoms with Gasteiger partial charge in [0.2, 0.25) is 10.0 Å². The number of hydrogen-bond donors (Lipinski definition) is 0.